The van der Waals surface area contributed by atoms with Crippen molar-refractivity contribution in [2.75, 3.05) is 0 Å². The molecule has 0 aliphatic rings. The zero-order valence-corrected chi connectivity index (χ0v) is 14.9. The third-order valence-corrected chi connectivity index (χ3v) is 4.04. The van der Waals surface area contributed by atoms with Crippen LogP contribution >= 0.6 is 0 Å². The molecule has 0 heterocycles. The first-order chi connectivity index (χ1) is 10.9. The highest BCUT2D eigenvalue weighted by molar-refractivity contribution is 5.81. The molecular weight excluding hydrogens is 284 g/mol. The summed E-state index contributed by atoms with van der Waals surface area (Å²) in [4.78, 5) is 10.6. The molecule has 0 aliphatic heterocycles. The molecule has 1 aromatic rings. The molecule has 0 saturated heterocycles. The Morgan fingerprint density at radius 1 is 1.13 bits per heavy atom. The van der Waals surface area contributed by atoms with E-state index in [1.165, 1.54) is 33.9 Å². The van der Waals surface area contributed by atoms with Gasteiger partial charge < -0.3 is 5.11 Å². The SMILES string of the molecule is CC/C(=C/C=C/C(C)=C/C(=O)O)c1cc(CC)c(CC)cc1C. The van der Waals surface area contributed by atoms with Gasteiger partial charge in [0.15, 0.2) is 0 Å². The van der Waals surface area contributed by atoms with E-state index in [1.54, 1.807) is 6.92 Å². The summed E-state index contributed by atoms with van der Waals surface area (Å²) in [6.45, 7) is 10.5. The van der Waals surface area contributed by atoms with Crippen molar-refractivity contribution in [3.8, 4) is 0 Å². The molecule has 0 atom stereocenters. The van der Waals surface area contributed by atoms with Gasteiger partial charge in [-0.05, 0) is 66.5 Å². The Bertz CT molecular complexity index is 646. The predicted octanol–water partition coefficient (Wildman–Crippen LogP) is 5.50. The maximum Gasteiger partial charge on any atom is 0.328 e. The molecule has 2 heteroatoms. The summed E-state index contributed by atoms with van der Waals surface area (Å²) < 4.78 is 0. The van der Waals surface area contributed by atoms with Gasteiger partial charge in [-0.15, -0.1) is 0 Å². The largest absolute Gasteiger partial charge is 0.478 e. The lowest BCUT2D eigenvalue weighted by atomic mass is 9.91. The van der Waals surface area contributed by atoms with Crippen molar-refractivity contribution in [2.45, 2.75) is 53.9 Å². The van der Waals surface area contributed by atoms with E-state index in [-0.39, 0.29) is 0 Å². The molecule has 0 radical (unpaired) electrons. The Balaban J connectivity index is 3.17. The molecule has 0 aromatic heterocycles. The van der Waals surface area contributed by atoms with Crippen molar-refractivity contribution in [1.82, 2.24) is 0 Å². The fraction of sp³-hybridized carbons (Fsp3) is 0.381. The van der Waals surface area contributed by atoms with Crippen LogP contribution in [0, 0.1) is 6.92 Å². The average molecular weight is 312 g/mol. The van der Waals surface area contributed by atoms with Crippen molar-refractivity contribution in [2.24, 2.45) is 0 Å². The minimum Gasteiger partial charge on any atom is -0.478 e. The van der Waals surface area contributed by atoms with Gasteiger partial charge in [-0.1, -0.05) is 51.1 Å². The number of benzene rings is 1. The van der Waals surface area contributed by atoms with Gasteiger partial charge in [0.05, 0.1) is 0 Å². The standard InChI is InChI=1S/C21H28O2/c1-6-17(11-9-10-15(4)12-21(22)23)20-14-19(8-3)18(7-2)13-16(20)5/h9-14H,6-8H2,1-5H3,(H,22,23)/b10-9+,15-12+,17-11-. The third kappa shape index (κ3) is 5.55. The molecular formula is C21H28O2. The lowest BCUT2D eigenvalue weighted by Crippen LogP contribution is -1.97. The summed E-state index contributed by atoms with van der Waals surface area (Å²) in [7, 11) is 0. The van der Waals surface area contributed by atoms with Crippen LogP contribution in [-0.2, 0) is 17.6 Å². The van der Waals surface area contributed by atoms with E-state index in [0.29, 0.717) is 0 Å². The molecule has 124 valence electrons. The molecule has 0 spiro atoms. The zero-order valence-electron chi connectivity index (χ0n) is 14.9. The monoisotopic (exact) mass is 312 g/mol. The molecule has 0 unspecified atom stereocenters. The number of carbonyl (C=O) groups is 1. The van der Waals surface area contributed by atoms with Crippen LogP contribution in [0.2, 0.25) is 0 Å². The second kappa shape index (κ2) is 9.14. The van der Waals surface area contributed by atoms with Crippen molar-refractivity contribution in [1.29, 1.82) is 0 Å². The summed E-state index contributed by atoms with van der Waals surface area (Å²) >= 11 is 0. The zero-order chi connectivity index (χ0) is 17.4. The fourth-order valence-electron chi connectivity index (χ4n) is 2.77. The summed E-state index contributed by atoms with van der Waals surface area (Å²) in [5, 5.41) is 8.73. The molecule has 1 aromatic carbocycles. The van der Waals surface area contributed by atoms with Crippen molar-refractivity contribution in [3.05, 3.63) is 64.3 Å². The van der Waals surface area contributed by atoms with Crippen LogP contribution in [0.5, 0.6) is 0 Å². The van der Waals surface area contributed by atoms with Crippen LogP contribution < -0.4 is 0 Å². The van der Waals surface area contributed by atoms with Gasteiger partial charge in [-0.3, -0.25) is 0 Å². The fourth-order valence-corrected chi connectivity index (χ4v) is 2.77. The molecule has 1 N–H and O–H groups in total. The number of hydrogen-bond donors (Lipinski definition) is 1. The van der Waals surface area contributed by atoms with Gasteiger partial charge in [0, 0.05) is 6.08 Å². The topological polar surface area (TPSA) is 37.3 Å². The molecule has 0 amide bonds. The third-order valence-electron chi connectivity index (χ3n) is 4.04. The highest BCUT2D eigenvalue weighted by atomic mass is 16.4. The first-order valence-corrected chi connectivity index (χ1v) is 8.34. The average Bonchev–Trinajstić information content (AvgIpc) is 2.51. The number of carboxylic acids is 1. The Morgan fingerprint density at radius 2 is 1.74 bits per heavy atom. The van der Waals surface area contributed by atoms with Crippen LogP contribution in [0.4, 0.5) is 0 Å². The van der Waals surface area contributed by atoms with Crippen molar-refractivity contribution >= 4 is 11.5 Å². The summed E-state index contributed by atoms with van der Waals surface area (Å²) in [6, 6.07) is 4.62. The van der Waals surface area contributed by atoms with Crippen molar-refractivity contribution in [3.63, 3.8) is 0 Å². The van der Waals surface area contributed by atoms with Crippen LogP contribution in [0.3, 0.4) is 0 Å². The quantitative estimate of drug-likeness (QED) is 0.533. The smallest absolute Gasteiger partial charge is 0.328 e. The Hall–Kier alpha value is -2.09. The highest BCUT2D eigenvalue weighted by Crippen LogP contribution is 2.26. The van der Waals surface area contributed by atoms with Crippen molar-refractivity contribution < 1.29 is 9.90 Å². The molecule has 0 saturated carbocycles. The summed E-state index contributed by atoms with van der Waals surface area (Å²) in [6.07, 6.45) is 10.1. The van der Waals surface area contributed by atoms with E-state index in [4.69, 9.17) is 5.11 Å². The summed E-state index contributed by atoms with van der Waals surface area (Å²) in [5.41, 5.74) is 7.46. The number of rotatable bonds is 7. The minimum absolute atomic E-state index is 0.733. The first kappa shape index (κ1) is 19.0. The maximum atomic E-state index is 10.6. The molecule has 1 rings (SSSR count). The lowest BCUT2D eigenvalue weighted by Gasteiger charge is -2.14. The molecule has 23 heavy (non-hydrogen) atoms. The Labute approximate surface area is 140 Å². The van der Waals surface area contributed by atoms with E-state index in [9.17, 15) is 4.79 Å². The minimum atomic E-state index is -0.912. The molecule has 0 aliphatic carbocycles. The Morgan fingerprint density at radius 3 is 2.26 bits per heavy atom. The number of aryl methyl sites for hydroxylation is 3. The van der Waals surface area contributed by atoms with Gasteiger partial charge in [-0.25, -0.2) is 4.79 Å². The van der Waals surface area contributed by atoms with E-state index in [2.05, 4.69) is 45.9 Å². The molecule has 0 fully saturated rings. The number of allylic oxidation sites excluding steroid dienone is 5. The Kier molecular flexibility index (Phi) is 7.53. The van der Waals surface area contributed by atoms with E-state index in [0.717, 1.165) is 24.8 Å². The van der Waals surface area contributed by atoms with E-state index < -0.39 is 5.97 Å². The van der Waals surface area contributed by atoms with E-state index in [1.807, 2.05) is 12.2 Å². The van der Waals surface area contributed by atoms with Crippen LogP contribution in [0.15, 0.2) is 42.0 Å². The van der Waals surface area contributed by atoms with Crippen LogP contribution in [0.1, 0.15) is 56.4 Å². The first-order valence-electron chi connectivity index (χ1n) is 8.34. The lowest BCUT2D eigenvalue weighted by molar-refractivity contribution is -0.131. The van der Waals surface area contributed by atoms with E-state index >= 15 is 0 Å². The van der Waals surface area contributed by atoms with Gasteiger partial charge >= 0.3 is 5.97 Å². The van der Waals surface area contributed by atoms with Crippen LogP contribution in [-0.4, -0.2) is 11.1 Å². The van der Waals surface area contributed by atoms with Gasteiger partial charge in [-0.2, -0.15) is 0 Å². The second-order valence-electron chi connectivity index (χ2n) is 5.77. The number of hydrogen-bond acceptors (Lipinski definition) is 1. The summed E-state index contributed by atoms with van der Waals surface area (Å²) in [5.74, 6) is -0.912. The molecule has 0 bridgehead atoms. The van der Waals surface area contributed by atoms with Gasteiger partial charge in [0.1, 0.15) is 0 Å². The number of carboxylic acid groups (broad SMARTS) is 1. The van der Waals surface area contributed by atoms with Gasteiger partial charge in [0.25, 0.3) is 0 Å². The predicted molar refractivity (Wildman–Crippen MR) is 98.7 cm³/mol. The number of aliphatic carboxylic acids is 1. The maximum absolute atomic E-state index is 10.6. The molecule has 2 nitrogen and oxygen atoms in total. The van der Waals surface area contributed by atoms with Crippen LogP contribution in [0.25, 0.3) is 5.57 Å². The second-order valence-corrected chi connectivity index (χ2v) is 5.77. The van der Waals surface area contributed by atoms with Gasteiger partial charge in [0.2, 0.25) is 0 Å². The highest BCUT2D eigenvalue weighted by Gasteiger charge is 2.08. The normalized spacial score (nSPS) is 12.9.